The molecule has 0 aliphatic carbocycles. The van der Waals surface area contributed by atoms with Gasteiger partial charge in [-0.2, -0.15) is 0 Å². The molecule has 0 N–H and O–H groups in total. The Labute approximate surface area is 159 Å². The van der Waals surface area contributed by atoms with Crippen molar-refractivity contribution in [1.82, 2.24) is 24.8 Å². The Hall–Kier alpha value is -2.80. The van der Waals surface area contributed by atoms with Crippen molar-refractivity contribution in [3.8, 4) is 22.5 Å². The van der Waals surface area contributed by atoms with Crippen LogP contribution in [0.25, 0.3) is 22.5 Å². The normalized spacial score (nSPS) is 15.3. The summed E-state index contributed by atoms with van der Waals surface area (Å²) in [6.07, 6.45) is 9.82. The third-order valence-electron chi connectivity index (χ3n) is 4.92. The van der Waals surface area contributed by atoms with Crippen LogP contribution in [0.3, 0.4) is 0 Å². The summed E-state index contributed by atoms with van der Waals surface area (Å²) < 4.78 is 5.52. The predicted octanol–water partition coefficient (Wildman–Crippen LogP) is 3.03. The van der Waals surface area contributed by atoms with Gasteiger partial charge in [0, 0.05) is 55.9 Å². The monoisotopic (exact) mass is 364 g/mol. The van der Waals surface area contributed by atoms with Crippen LogP contribution in [0.4, 0.5) is 5.95 Å². The average Bonchev–Trinajstić information content (AvgIpc) is 3.15. The predicted molar refractivity (Wildman–Crippen MR) is 104 cm³/mol. The number of nitrogens with zero attached hydrogens (tertiary/aromatic N) is 6. The molecule has 27 heavy (non-hydrogen) atoms. The van der Waals surface area contributed by atoms with E-state index in [2.05, 4.69) is 31.7 Å². The number of rotatable bonds is 5. The Bertz CT molecular complexity index is 886. The van der Waals surface area contributed by atoms with E-state index in [0.29, 0.717) is 0 Å². The molecular formula is C20H24N6O. The van der Waals surface area contributed by atoms with Gasteiger partial charge in [0.1, 0.15) is 5.76 Å². The van der Waals surface area contributed by atoms with Gasteiger partial charge in [-0.1, -0.05) is 6.92 Å². The van der Waals surface area contributed by atoms with Crippen LogP contribution in [0.1, 0.15) is 19.1 Å². The van der Waals surface area contributed by atoms with Crippen LogP contribution < -0.4 is 4.90 Å². The molecule has 1 saturated heterocycles. The Morgan fingerprint density at radius 1 is 1.04 bits per heavy atom. The molecule has 1 aliphatic rings. The zero-order valence-electron chi connectivity index (χ0n) is 15.8. The molecule has 7 nitrogen and oxygen atoms in total. The zero-order valence-corrected chi connectivity index (χ0v) is 15.8. The molecule has 0 unspecified atom stereocenters. The van der Waals surface area contributed by atoms with Crippen molar-refractivity contribution in [2.45, 2.75) is 20.3 Å². The van der Waals surface area contributed by atoms with Crippen LogP contribution in [-0.2, 0) is 0 Å². The first-order valence-corrected chi connectivity index (χ1v) is 9.41. The Balaban J connectivity index is 1.69. The lowest BCUT2D eigenvalue weighted by Crippen LogP contribution is -2.47. The second-order valence-electron chi connectivity index (χ2n) is 6.74. The highest BCUT2D eigenvalue weighted by Crippen LogP contribution is 2.32. The van der Waals surface area contributed by atoms with E-state index in [4.69, 9.17) is 9.40 Å². The van der Waals surface area contributed by atoms with Crippen LogP contribution in [-0.4, -0.2) is 57.6 Å². The number of furan rings is 1. The summed E-state index contributed by atoms with van der Waals surface area (Å²) >= 11 is 0. The van der Waals surface area contributed by atoms with Crippen molar-refractivity contribution < 1.29 is 4.42 Å². The van der Waals surface area contributed by atoms with Crippen molar-refractivity contribution >= 4 is 5.95 Å². The first kappa shape index (κ1) is 17.6. The van der Waals surface area contributed by atoms with Crippen molar-refractivity contribution in [2.75, 3.05) is 37.6 Å². The maximum absolute atomic E-state index is 5.52. The fourth-order valence-corrected chi connectivity index (χ4v) is 3.47. The maximum Gasteiger partial charge on any atom is 0.225 e. The van der Waals surface area contributed by atoms with E-state index in [9.17, 15) is 0 Å². The summed E-state index contributed by atoms with van der Waals surface area (Å²) in [5.74, 6) is 1.59. The van der Waals surface area contributed by atoms with E-state index in [1.54, 1.807) is 24.9 Å². The fraction of sp³-hybridized carbons (Fsp3) is 0.400. The van der Waals surface area contributed by atoms with Gasteiger partial charge in [0.05, 0.1) is 23.8 Å². The number of hydrogen-bond donors (Lipinski definition) is 0. The zero-order chi connectivity index (χ0) is 18.6. The minimum Gasteiger partial charge on any atom is -0.469 e. The number of anilines is 1. The SMILES string of the molecule is CCCN1CCN(c2ncc(-c3cnccn3)c(-c3ccoc3C)n2)CC1. The van der Waals surface area contributed by atoms with Gasteiger partial charge >= 0.3 is 0 Å². The molecular weight excluding hydrogens is 340 g/mol. The Kier molecular flexibility index (Phi) is 5.11. The first-order valence-electron chi connectivity index (χ1n) is 9.41. The van der Waals surface area contributed by atoms with E-state index in [0.717, 1.165) is 66.9 Å². The highest BCUT2D eigenvalue weighted by molar-refractivity contribution is 5.79. The largest absolute Gasteiger partial charge is 0.469 e. The summed E-state index contributed by atoms with van der Waals surface area (Å²) in [6, 6.07) is 1.94. The fourth-order valence-electron chi connectivity index (χ4n) is 3.47. The number of aromatic nitrogens is 4. The smallest absolute Gasteiger partial charge is 0.225 e. The van der Waals surface area contributed by atoms with Gasteiger partial charge in [-0.05, 0) is 26.0 Å². The lowest BCUT2D eigenvalue weighted by atomic mass is 10.1. The van der Waals surface area contributed by atoms with Crippen LogP contribution in [0, 0.1) is 6.92 Å². The molecule has 0 spiro atoms. The molecule has 1 aliphatic heterocycles. The van der Waals surface area contributed by atoms with Crippen molar-refractivity contribution in [1.29, 1.82) is 0 Å². The topological polar surface area (TPSA) is 71.2 Å². The third-order valence-corrected chi connectivity index (χ3v) is 4.92. The minimum absolute atomic E-state index is 0.757. The summed E-state index contributed by atoms with van der Waals surface area (Å²) in [5, 5.41) is 0. The van der Waals surface area contributed by atoms with E-state index in [1.807, 2.05) is 19.2 Å². The minimum atomic E-state index is 0.757. The first-order chi connectivity index (χ1) is 13.3. The molecule has 0 radical (unpaired) electrons. The maximum atomic E-state index is 5.52. The Morgan fingerprint density at radius 3 is 2.56 bits per heavy atom. The van der Waals surface area contributed by atoms with Crippen molar-refractivity contribution in [3.63, 3.8) is 0 Å². The molecule has 4 heterocycles. The second kappa shape index (κ2) is 7.84. The number of aryl methyl sites for hydroxylation is 1. The summed E-state index contributed by atoms with van der Waals surface area (Å²) in [7, 11) is 0. The van der Waals surface area contributed by atoms with Gasteiger partial charge in [-0.15, -0.1) is 0 Å². The molecule has 4 rings (SSSR count). The average molecular weight is 364 g/mol. The van der Waals surface area contributed by atoms with E-state index in [1.165, 1.54) is 6.42 Å². The summed E-state index contributed by atoms with van der Waals surface area (Å²) in [6.45, 7) is 9.29. The van der Waals surface area contributed by atoms with Crippen LogP contribution >= 0.6 is 0 Å². The molecule has 0 saturated carbocycles. The van der Waals surface area contributed by atoms with Gasteiger partial charge in [-0.25, -0.2) is 9.97 Å². The van der Waals surface area contributed by atoms with E-state index >= 15 is 0 Å². The number of hydrogen-bond acceptors (Lipinski definition) is 7. The van der Waals surface area contributed by atoms with Crippen LogP contribution in [0.2, 0.25) is 0 Å². The molecule has 7 heteroatoms. The van der Waals surface area contributed by atoms with Crippen LogP contribution in [0.5, 0.6) is 0 Å². The standard InChI is InChI=1S/C20H24N6O/c1-3-7-25-8-10-26(11-9-25)20-23-13-17(18-14-21-5-6-22-18)19(24-20)16-4-12-27-15(16)2/h4-6,12-14H,3,7-11H2,1-2H3. The lowest BCUT2D eigenvalue weighted by Gasteiger charge is -2.34. The summed E-state index contributed by atoms with van der Waals surface area (Å²) in [5.41, 5.74) is 3.42. The van der Waals surface area contributed by atoms with Gasteiger partial charge in [-0.3, -0.25) is 14.9 Å². The molecule has 0 amide bonds. The highest BCUT2D eigenvalue weighted by atomic mass is 16.3. The van der Waals surface area contributed by atoms with Gasteiger partial charge in [0.2, 0.25) is 5.95 Å². The van der Waals surface area contributed by atoms with Crippen molar-refractivity contribution in [2.24, 2.45) is 0 Å². The van der Waals surface area contributed by atoms with Gasteiger partial charge in [0.15, 0.2) is 0 Å². The second-order valence-corrected chi connectivity index (χ2v) is 6.74. The van der Waals surface area contributed by atoms with E-state index < -0.39 is 0 Å². The molecule has 140 valence electrons. The lowest BCUT2D eigenvalue weighted by molar-refractivity contribution is 0.257. The molecule has 3 aromatic heterocycles. The van der Waals surface area contributed by atoms with Gasteiger partial charge < -0.3 is 9.32 Å². The quantitative estimate of drug-likeness (QED) is 0.689. The van der Waals surface area contributed by atoms with Crippen LogP contribution in [0.15, 0.2) is 41.5 Å². The number of piperazine rings is 1. The summed E-state index contributed by atoms with van der Waals surface area (Å²) in [4.78, 5) is 22.9. The Morgan fingerprint density at radius 2 is 1.89 bits per heavy atom. The molecule has 0 bridgehead atoms. The molecule has 0 aromatic carbocycles. The van der Waals surface area contributed by atoms with Crippen molar-refractivity contribution in [3.05, 3.63) is 42.9 Å². The van der Waals surface area contributed by atoms with Gasteiger partial charge in [0.25, 0.3) is 0 Å². The molecule has 0 atom stereocenters. The van der Waals surface area contributed by atoms with E-state index in [-0.39, 0.29) is 0 Å². The third kappa shape index (κ3) is 3.68. The highest BCUT2D eigenvalue weighted by Gasteiger charge is 2.21. The molecule has 1 fully saturated rings. The molecule has 3 aromatic rings.